The van der Waals surface area contributed by atoms with Crippen LogP contribution < -0.4 is 0 Å². The van der Waals surface area contributed by atoms with Gasteiger partial charge in [0.15, 0.2) is 0 Å². The van der Waals surface area contributed by atoms with Crippen LogP contribution in [0.1, 0.15) is 27.2 Å². The largest absolute Gasteiger partial charge is 0.449 e. The van der Waals surface area contributed by atoms with Crippen LogP contribution in [0.3, 0.4) is 0 Å². The van der Waals surface area contributed by atoms with Crippen LogP contribution in [0.4, 0.5) is 4.79 Å². The number of amides is 2. The zero-order valence-corrected chi connectivity index (χ0v) is 17.2. The fourth-order valence-corrected chi connectivity index (χ4v) is 3.75. The first kappa shape index (κ1) is 20.9. The van der Waals surface area contributed by atoms with Crippen molar-refractivity contribution < 1.29 is 14.3 Å². The number of hydrogen-bond acceptors (Lipinski definition) is 4. The van der Waals surface area contributed by atoms with Gasteiger partial charge in [-0.25, -0.2) is 4.79 Å². The molecule has 0 spiro atoms. The van der Waals surface area contributed by atoms with Crippen LogP contribution in [0.15, 0.2) is 29.2 Å². The molecule has 1 unspecified atom stereocenters. The number of hydrogen-bond donors (Lipinski definition) is 0. The Morgan fingerprint density at radius 2 is 1.69 bits per heavy atom. The van der Waals surface area contributed by atoms with Gasteiger partial charge in [-0.1, -0.05) is 25.4 Å². The van der Waals surface area contributed by atoms with Gasteiger partial charge in [-0.15, -0.1) is 11.8 Å². The number of nitrogens with zero attached hydrogens (tertiary/aromatic N) is 2. The molecule has 1 aromatic carbocycles. The van der Waals surface area contributed by atoms with E-state index in [0.29, 0.717) is 43.7 Å². The van der Waals surface area contributed by atoms with Crippen molar-refractivity contribution in [1.82, 2.24) is 9.80 Å². The first-order chi connectivity index (χ1) is 12.4. The third kappa shape index (κ3) is 6.40. The summed E-state index contributed by atoms with van der Waals surface area (Å²) in [7, 11) is 0. The van der Waals surface area contributed by atoms with Crippen LogP contribution >= 0.6 is 23.4 Å². The lowest BCUT2D eigenvalue weighted by atomic mass is 10.2. The molecule has 26 heavy (non-hydrogen) atoms. The lowest BCUT2D eigenvalue weighted by Crippen LogP contribution is -2.40. The molecule has 0 N–H and O–H groups in total. The van der Waals surface area contributed by atoms with Gasteiger partial charge in [-0.2, -0.15) is 0 Å². The van der Waals surface area contributed by atoms with Crippen LogP contribution in [0.2, 0.25) is 5.02 Å². The highest BCUT2D eigenvalue weighted by Crippen LogP contribution is 2.26. The second-order valence-electron chi connectivity index (χ2n) is 6.85. The first-order valence-corrected chi connectivity index (χ1v) is 10.2. The molecule has 1 fully saturated rings. The molecule has 1 aliphatic heterocycles. The van der Waals surface area contributed by atoms with E-state index in [2.05, 4.69) is 0 Å². The van der Waals surface area contributed by atoms with Crippen molar-refractivity contribution in [3.63, 3.8) is 0 Å². The molecule has 2 rings (SSSR count). The second-order valence-corrected chi connectivity index (χ2v) is 8.70. The summed E-state index contributed by atoms with van der Waals surface area (Å²) in [5.41, 5.74) is 0. The summed E-state index contributed by atoms with van der Waals surface area (Å²) in [6, 6.07) is 7.50. The summed E-state index contributed by atoms with van der Waals surface area (Å²) < 4.78 is 5.30. The van der Waals surface area contributed by atoms with Gasteiger partial charge in [0.2, 0.25) is 5.91 Å². The van der Waals surface area contributed by atoms with Gasteiger partial charge < -0.3 is 14.5 Å². The molecular formula is C19H27ClN2O3S. The lowest BCUT2D eigenvalue weighted by Gasteiger charge is -2.24. The minimum absolute atomic E-state index is 0.0994. The summed E-state index contributed by atoms with van der Waals surface area (Å²) in [6.45, 7) is 8.71. The molecule has 0 aromatic heterocycles. The van der Waals surface area contributed by atoms with Crippen LogP contribution in [-0.4, -0.2) is 59.8 Å². The Morgan fingerprint density at radius 1 is 1.08 bits per heavy atom. The van der Waals surface area contributed by atoms with Crippen LogP contribution in [0.25, 0.3) is 0 Å². The number of carbonyl (C=O) groups excluding carboxylic acids is 2. The summed E-state index contributed by atoms with van der Waals surface area (Å²) >= 11 is 7.43. The van der Waals surface area contributed by atoms with Gasteiger partial charge in [0.25, 0.3) is 0 Å². The summed E-state index contributed by atoms with van der Waals surface area (Å²) in [5, 5.41) is 0.501. The molecule has 1 saturated heterocycles. The molecular weight excluding hydrogens is 372 g/mol. The molecule has 1 aliphatic rings. The topological polar surface area (TPSA) is 49.9 Å². The second kappa shape index (κ2) is 10.1. The number of ether oxygens (including phenoxy) is 1. The maximum absolute atomic E-state index is 12.8. The van der Waals surface area contributed by atoms with Gasteiger partial charge in [0.1, 0.15) is 0 Å². The molecule has 0 bridgehead atoms. The van der Waals surface area contributed by atoms with Crippen molar-refractivity contribution >= 4 is 35.4 Å². The fraction of sp³-hybridized carbons (Fsp3) is 0.579. The highest BCUT2D eigenvalue weighted by molar-refractivity contribution is 8.00. The Hall–Kier alpha value is -1.40. The van der Waals surface area contributed by atoms with Crippen LogP contribution in [0, 0.1) is 5.92 Å². The Labute approximate surface area is 165 Å². The standard InChI is InChI=1S/C19H27ClN2O3S/c1-14(2)13-25-19(24)22-10-4-9-21(11-12-22)18(23)15(3)26-17-7-5-16(20)6-8-17/h5-8,14-15H,4,9-13H2,1-3H3. The minimum atomic E-state index is -0.281. The molecule has 0 saturated carbocycles. The van der Waals surface area contributed by atoms with Crippen molar-refractivity contribution in [2.75, 3.05) is 32.8 Å². The van der Waals surface area contributed by atoms with E-state index in [-0.39, 0.29) is 17.3 Å². The summed E-state index contributed by atoms with van der Waals surface area (Å²) in [6.07, 6.45) is 0.484. The first-order valence-electron chi connectivity index (χ1n) is 8.99. The fourth-order valence-electron chi connectivity index (χ4n) is 2.67. The molecule has 7 heteroatoms. The quantitative estimate of drug-likeness (QED) is 0.699. The van der Waals surface area contributed by atoms with Gasteiger partial charge in [-0.05, 0) is 43.5 Å². The highest BCUT2D eigenvalue weighted by Gasteiger charge is 2.26. The Balaban J connectivity index is 1.85. The molecule has 1 atom stereocenters. The average Bonchev–Trinajstić information content (AvgIpc) is 2.87. The van der Waals surface area contributed by atoms with Crippen molar-refractivity contribution in [1.29, 1.82) is 0 Å². The van der Waals surface area contributed by atoms with Crippen molar-refractivity contribution in [2.24, 2.45) is 5.92 Å². The number of rotatable bonds is 5. The number of thioether (sulfide) groups is 1. The van der Waals surface area contributed by atoms with Gasteiger partial charge in [0, 0.05) is 36.1 Å². The van der Waals surface area contributed by atoms with E-state index in [0.717, 1.165) is 11.3 Å². The molecule has 5 nitrogen and oxygen atoms in total. The molecule has 2 amide bonds. The molecule has 1 heterocycles. The SMILES string of the molecule is CC(C)COC(=O)N1CCCN(C(=O)C(C)Sc2ccc(Cl)cc2)CC1. The molecule has 0 aliphatic carbocycles. The smallest absolute Gasteiger partial charge is 0.409 e. The monoisotopic (exact) mass is 398 g/mol. The molecule has 1 aromatic rings. The predicted octanol–water partition coefficient (Wildman–Crippen LogP) is 4.15. The van der Waals surface area contributed by atoms with Crippen molar-refractivity contribution in [2.45, 2.75) is 37.3 Å². The Bertz CT molecular complexity index is 609. The Kier molecular flexibility index (Phi) is 8.10. The van der Waals surface area contributed by atoms with Gasteiger partial charge in [0.05, 0.1) is 11.9 Å². The summed E-state index contributed by atoms with van der Waals surface area (Å²) in [4.78, 5) is 29.4. The van der Waals surface area contributed by atoms with E-state index in [1.807, 2.05) is 49.9 Å². The third-order valence-corrected chi connectivity index (χ3v) is 5.43. The van der Waals surface area contributed by atoms with E-state index < -0.39 is 0 Å². The normalized spacial score (nSPS) is 16.3. The average molecular weight is 399 g/mol. The van der Waals surface area contributed by atoms with Gasteiger partial charge >= 0.3 is 6.09 Å². The highest BCUT2D eigenvalue weighted by atomic mass is 35.5. The number of halogens is 1. The van der Waals surface area contributed by atoms with E-state index in [9.17, 15) is 9.59 Å². The van der Waals surface area contributed by atoms with Crippen LogP contribution in [-0.2, 0) is 9.53 Å². The van der Waals surface area contributed by atoms with E-state index in [1.54, 1.807) is 4.90 Å². The third-order valence-electron chi connectivity index (χ3n) is 4.08. The number of carbonyl (C=O) groups is 2. The van der Waals surface area contributed by atoms with Crippen LogP contribution in [0.5, 0.6) is 0 Å². The van der Waals surface area contributed by atoms with E-state index in [4.69, 9.17) is 16.3 Å². The van der Waals surface area contributed by atoms with E-state index >= 15 is 0 Å². The van der Waals surface area contributed by atoms with Gasteiger partial charge in [-0.3, -0.25) is 4.79 Å². The zero-order chi connectivity index (χ0) is 19.1. The maximum atomic E-state index is 12.8. The molecule has 0 radical (unpaired) electrons. The maximum Gasteiger partial charge on any atom is 0.409 e. The van der Waals surface area contributed by atoms with Crippen molar-refractivity contribution in [3.05, 3.63) is 29.3 Å². The Morgan fingerprint density at radius 3 is 2.35 bits per heavy atom. The predicted molar refractivity (Wildman–Crippen MR) is 106 cm³/mol. The zero-order valence-electron chi connectivity index (χ0n) is 15.6. The lowest BCUT2D eigenvalue weighted by molar-refractivity contribution is -0.130. The molecule has 144 valence electrons. The van der Waals surface area contributed by atoms with E-state index in [1.165, 1.54) is 11.8 Å². The van der Waals surface area contributed by atoms with Crippen molar-refractivity contribution in [3.8, 4) is 0 Å². The summed E-state index contributed by atoms with van der Waals surface area (Å²) in [5.74, 6) is 0.414. The minimum Gasteiger partial charge on any atom is -0.449 e. The number of benzene rings is 1.